The van der Waals surface area contributed by atoms with Crippen LogP contribution in [0.5, 0.6) is 0 Å². The van der Waals surface area contributed by atoms with Crippen LogP contribution in [0.15, 0.2) is 158 Å². The molecule has 0 saturated carbocycles. The van der Waals surface area contributed by atoms with Crippen molar-refractivity contribution in [2.24, 2.45) is 0 Å². The van der Waals surface area contributed by atoms with Crippen LogP contribution >= 0.6 is 0 Å². The predicted octanol–water partition coefficient (Wildman–Crippen LogP) is 19.6. The van der Waals surface area contributed by atoms with Crippen molar-refractivity contribution in [2.75, 3.05) is 0 Å². The third-order valence-corrected chi connectivity index (χ3v) is 9.35. The van der Waals surface area contributed by atoms with E-state index in [1.54, 1.807) is 58.9 Å². The average Bonchev–Trinajstić information content (AvgIpc) is 3.32. The van der Waals surface area contributed by atoms with Gasteiger partial charge in [-0.1, -0.05) is 83.4 Å². The molecule has 8 rings (SSSR count). The van der Waals surface area contributed by atoms with Gasteiger partial charge < -0.3 is 0 Å². The number of aryl methyl sites for hydroxylation is 6. The van der Waals surface area contributed by atoms with E-state index < -0.39 is 82.2 Å². The molecule has 0 bridgehead atoms. The molecule has 0 aliphatic rings. The van der Waals surface area contributed by atoms with Gasteiger partial charge in [0.05, 0.1) is 5.56 Å². The molecule has 0 radical (unpaired) electrons. The summed E-state index contributed by atoms with van der Waals surface area (Å²) in [5.74, 6) is -7.38. The summed E-state index contributed by atoms with van der Waals surface area (Å²) < 4.78 is 206. The maximum absolute atomic E-state index is 12.4. The first-order valence-electron chi connectivity index (χ1n) is 21.9. The summed E-state index contributed by atoms with van der Waals surface area (Å²) in [5, 5.41) is 0. The lowest BCUT2D eigenvalue weighted by Crippen LogP contribution is -2.03. The Bertz CT molecular complexity index is 2780. The van der Waals surface area contributed by atoms with Gasteiger partial charge in [0.15, 0.2) is 11.6 Å². The van der Waals surface area contributed by atoms with E-state index in [9.17, 15) is 74.6 Å². The lowest BCUT2D eigenvalue weighted by atomic mass is 10.1. The molecule has 402 valence electrons. The average molecular weight is 1070 g/mol. The minimum atomic E-state index is -4.21. The van der Waals surface area contributed by atoms with E-state index in [4.69, 9.17) is 0 Å². The van der Waals surface area contributed by atoms with Crippen LogP contribution in [-0.4, -0.2) is 0 Å². The minimum absolute atomic E-state index is 0.0810. The Kier molecular flexibility index (Phi) is 28.6. The summed E-state index contributed by atoms with van der Waals surface area (Å²) in [5.41, 5.74) is 4.03. The summed E-state index contributed by atoms with van der Waals surface area (Å²) in [6, 6.07) is 33.7. The fourth-order valence-corrected chi connectivity index (χ4v) is 5.14. The molecule has 0 atom stereocenters. The standard InChI is InChI=1S/C8H7F3.C8H8F2.C7H5F3.4C7H6F2.C7H7F/c1-6-2-4-7(5-3-6)8(9,10)11;1-6-3-2-4-7(5-6)8(9)10;1-4-6(9)2-5(8)3-7(4)10;1-5-2-6(8)4-7(9)3-5;1-5-2-3-6(8)4-7(5)9;1-5-2-3-6(8)7(9)4-5;1-5-6(8)3-2-4-7(5)9;1-6-2-4-7(8)5-3-6/h2-5H,1H3;2-5,8H,1H3;2-3H,1H3;4*2-4H,1H3;2-5H,1H3. The number of alkyl halides is 5. The van der Waals surface area contributed by atoms with Crippen LogP contribution in [-0.2, 0) is 6.18 Å². The Balaban J connectivity index is 0.000000429. The molecule has 0 unspecified atom stereocenters. The zero-order chi connectivity index (χ0) is 57.2. The van der Waals surface area contributed by atoms with E-state index in [1.165, 1.54) is 98.8 Å². The molecule has 75 heavy (non-hydrogen) atoms. The normalized spacial score (nSPS) is 10.1. The highest BCUT2D eigenvalue weighted by molar-refractivity contribution is 5.25. The number of halogens is 17. The topological polar surface area (TPSA) is 0 Å². The zero-order valence-electron chi connectivity index (χ0n) is 41.5. The molecule has 8 aromatic carbocycles. The second kappa shape index (κ2) is 32.7. The van der Waals surface area contributed by atoms with Gasteiger partial charge in [0.2, 0.25) is 0 Å². The van der Waals surface area contributed by atoms with E-state index in [0.717, 1.165) is 58.7 Å². The molecule has 0 N–H and O–H groups in total. The van der Waals surface area contributed by atoms with Gasteiger partial charge in [-0.25, -0.2) is 61.5 Å². The molecule has 17 heteroatoms. The Hall–Kier alpha value is -7.43. The third-order valence-electron chi connectivity index (χ3n) is 9.35. The van der Waals surface area contributed by atoms with Crippen molar-refractivity contribution in [2.45, 2.75) is 68.0 Å². The van der Waals surface area contributed by atoms with E-state index >= 15 is 0 Å². The van der Waals surface area contributed by atoms with E-state index in [1.807, 2.05) is 6.92 Å². The molecule has 0 aliphatic heterocycles. The van der Waals surface area contributed by atoms with Crippen molar-refractivity contribution in [3.05, 3.63) is 283 Å². The first-order valence-corrected chi connectivity index (χ1v) is 21.9. The van der Waals surface area contributed by atoms with Crippen LogP contribution in [0.3, 0.4) is 0 Å². The van der Waals surface area contributed by atoms with Gasteiger partial charge in [-0.05, 0) is 139 Å². The maximum Gasteiger partial charge on any atom is 0.416 e. The van der Waals surface area contributed by atoms with Crippen LogP contribution in [0.2, 0.25) is 0 Å². The molecule has 0 aliphatic carbocycles. The van der Waals surface area contributed by atoms with Gasteiger partial charge in [-0.3, -0.25) is 0 Å². The summed E-state index contributed by atoms with van der Waals surface area (Å²) in [6.07, 6.45) is -6.56. The maximum atomic E-state index is 12.4. The van der Waals surface area contributed by atoms with Crippen molar-refractivity contribution in [1.82, 2.24) is 0 Å². The van der Waals surface area contributed by atoms with E-state index in [0.29, 0.717) is 23.3 Å². The zero-order valence-corrected chi connectivity index (χ0v) is 41.5. The molecular formula is C58H51F17. The third kappa shape index (κ3) is 27.4. The number of hydrogen-bond donors (Lipinski definition) is 0. The van der Waals surface area contributed by atoms with Crippen molar-refractivity contribution in [3.63, 3.8) is 0 Å². The Labute approximate surface area is 424 Å². The SMILES string of the molecule is Cc1c(F)cc(F)cc1F.Cc1c(F)cccc1F.Cc1cc(F)cc(F)c1.Cc1ccc(C(F)(F)F)cc1.Cc1ccc(F)c(F)c1.Cc1ccc(F)cc1.Cc1ccc(F)cc1F.Cc1cccc(C(F)F)c1. The van der Waals surface area contributed by atoms with Gasteiger partial charge >= 0.3 is 6.18 Å². The fourth-order valence-electron chi connectivity index (χ4n) is 5.14. The van der Waals surface area contributed by atoms with Crippen molar-refractivity contribution < 1.29 is 74.6 Å². The monoisotopic (exact) mass is 1070 g/mol. The van der Waals surface area contributed by atoms with Crippen LogP contribution in [0, 0.1) is 125 Å². The predicted molar refractivity (Wildman–Crippen MR) is 259 cm³/mol. The van der Waals surface area contributed by atoms with Crippen LogP contribution in [0.25, 0.3) is 0 Å². The molecule has 0 aromatic heterocycles. The molecule has 0 spiro atoms. The Morgan fingerprint density at radius 3 is 1.08 bits per heavy atom. The van der Waals surface area contributed by atoms with Gasteiger partial charge in [0.1, 0.15) is 58.2 Å². The highest BCUT2D eigenvalue weighted by Gasteiger charge is 2.29. The van der Waals surface area contributed by atoms with E-state index in [2.05, 4.69) is 0 Å². The van der Waals surface area contributed by atoms with Crippen molar-refractivity contribution >= 4 is 0 Å². The van der Waals surface area contributed by atoms with Crippen molar-refractivity contribution in [1.29, 1.82) is 0 Å². The largest absolute Gasteiger partial charge is 0.416 e. The number of hydrogen-bond acceptors (Lipinski definition) is 0. The molecule has 8 aromatic rings. The highest BCUT2D eigenvalue weighted by atomic mass is 19.4. The quantitative estimate of drug-likeness (QED) is 0.144. The summed E-state index contributed by atoms with van der Waals surface area (Å²) in [7, 11) is 0. The smallest absolute Gasteiger partial charge is 0.207 e. The lowest BCUT2D eigenvalue weighted by Gasteiger charge is -2.05. The Morgan fingerprint density at radius 1 is 0.293 bits per heavy atom. The summed E-state index contributed by atoms with van der Waals surface area (Å²) in [6.45, 7) is 13.1. The van der Waals surface area contributed by atoms with Gasteiger partial charge in [-0.15, -0.1) is 0 Å². The van der Waals surface area contributed by atoms with Gasteiger partial charge in [0, 0.05) is 41.0 Å². The molecular weight excluding hydrogens is 1020 g/mol. The second-order valence-corrected chi connectivity index (χ2v) is 16.0. The molecule has 0 saturated heterocycles. The Morgan fingerprint density at radius 2 is 0.707 bits per heavy atom. The molecule has 0 heterocycles. The summed E-state index contributed by atoms with van der Waals surface area (Å²) >= 11 is 0. The van der Waals surface area contributed by atoms with E-state index in [-0.39, 0.29) is 22.5 Å². The lowest BCUT2D eigenvalue weighted by molar-refractivity contribution is -0.137. The summed E-state index contributed by atoms with van der Waals surface area (Å²) in [4.78, 5) is 0. The highest BCUT2D eigenvalue weighted by Crippen LogP contribution is 2.29. The van der Waals surface area contributed by atoms with Crippen LogP contribution in [0.1, 0.15) is 62.1 Å². The van der Waals surface area contributed by atoms with Gasteiger partial charge in [0.25, 0.3) is 6.43 Å². The first kappa shape index (κ1) is 65.6. The molecule has 0 nitrogen and oxygen atoms in total. The minimum Gasteiger partial charge on any atom is -0.207 e. The first-order chi connectivity index (χ1) is 34.9. The fraction of sp³-hybridized carbons (Fsp3) is 0.172. The van der Waals surface area contributed by atoms with Crippen LogP contribution in [0.4, 0.5) is 74.6 Å². The number of rotatable bonds is 1. The molecule has 0 fully saturated rings. The van der Waals surface area contributed by atoms with Crippen molar-refractivity contribution in [3.8, 4) is 0 Å². The second-order valence-electron chi connectivity index (χ2n) is 16.0. The number of benzene rings is 8. The molecule has 0 amide bonds. The van der Waals surface area contributed by atoms with Crippen LogP contribution < -0.4 is 0 Å². The van der Waals surface area contributed by atoms with Gasteiger partial charge in [-0.2, -0.15) is 13.2 Å².